The van der Waals surface area contributed by atoms with Crippen LogP contribution in [0.4, 0.5) is 13.2 Å². The van der Waals surface area contributed by atoms with Crippen LogP contribution in [0.1, 0.15) is 57.2 Å². The highest BCUT2D eigenvalue weighted by Crippen LogP contribution is 2.39. The third-order valence-electron chi connectivity index (χ3n) is 6.07. The molecule has 158 valence electrons. The van der Waals surface area contributed by atoms with E-state index in [0.29, 0.717) is 24.2 Å². The van der Waals surface area contributed by atoms with Crippen molar-refractivity contribution < 1.29 is 17.9 Å². The summed E-state index contributed by atoms with van der Waals surface area (Å²) in [6.45, 7) is 0.253. The summed E-state index contributed by atoms with van der Waals surface area (Å²) < 4.78 is 47.2. The molecule has 0 unspecified atom stereocenters. The summed E-state index contributed by atoms with van der Waals surface area (Å²) in [4.78, 5) is 17.1. The first-order valence-electron chi connectivity index (χ1n) is 10.2. The second-order valence-electron chi connectivity index (χ2n) is 8.07. The van der Waals surface area contributed by atoms with E-state index in [4.69, 9.17) is 4.74 Å². The zero-order valence-corrected chi connectivity index (χ0v) is 16.4. The maximum atomic E-state index is 12.8. The molecule has 29 heavy (non-hydrogen) atoms. The molecule has 2 aromatic rings. The van der Waals surface area contributed by atoms with Crippen LogP contribution >= 0.6 is 0 Å². The van der Waals surface area contributed by atoms with E-state index in [1.54, 1.807) is 7.05 Å². The second-order valence-corrected chi connectivity index (χ2v) is 8.07. The Bertz CT molecular complexity index is 968. The van der Waals surface area contributed by atoms with E-state index < -0.39 is 12.1 Å². The Morgan fingerprint density at radius 1 is 1.21 bits per heavy atom. The number of rotatable bonds is 4. The number of hydrogen-bond donors (Lipinski definition) is 0. The summed E-state index contributed by atoms with van der Waals surface area (Å²) in [6, 6.07) is 0.163. The highest BCUT2D eigenvalue weighted by atomic mass is 19.4. The van der Waals surface area contributed by atoms with Crippen LogP contribution in [0.25, 0.3) is 11.1 Å². The molecule has 1 saturated carbocycles. The molecule has 0 radical (unpaired) electrons. The van der Waals surface area contributed by atoms with Crippen molar-refractivity contribution in [3.05, 3.63) is 28.5 Å². The fourth-order valence-electron chi connectivity index (χ4n) is 4.24. The van der Waals surface area contributed by atoms with Gasteiger partial charge < -0.3 is 4.74 Å². The molecule has 0 aromatic carbocycles. The van der Waals surface area contributed by atoms with E-state index >= 15 is 0 Å². The molecule has 1 fully saturated rings. The van der Waals surface area contributed by atoms with Crippen LogP contribution in [0.3, 0.4) is 0 Å². The van der Waals surface area contributed by atoms with Gasteiger partial charge in [0.2, 0.25) is 0 Å². The van der Waals surface area contributed by atoms with E-state index in [2.05, 4.69) is 16.2 Å². The van der Waals surface area contributed by atoms with Gasteiger partial charge >= 0.3 is 12.2 Å². The van der Waals surface area contributed by atoms with E-state index in [0.717, 1.165) is 31.3 Å². The third kappa shape index (κ3) is 4.04. The summed E-state index contributed by atoms with van der Waals surface area (Å²) in [5.41, 5.74) is 1.20. The molecule has 0 amide bonds. The summed E-state index contributed by atoms with van der Waals surface area (Å²) in [5, 5.41) is 4.48. The fourth-order valence-corrected chi connectivity index (χ4v) is 4.24. The third-order valence-corrected chi connectivity index (χ3v) is 6.07. The van der Waals surface area contributed by atoms with Crippen molar-refractivity contribution in [2.75, 3.05) is 6.61 Å². The van der Waals surface area contributed by atoms with Crippen molar-refractivity contribution >= 4 is 11.1 Å². The molecule has 9 heteroatoms. The number of halogens is 3. The van der Waals surface area contributed by atoms with Crippen molar-refractivity contribution in [1.29, 1.82) is 0 Å². The van der Waals surface area contributed by atoms with Gasteiger partial charge in [0.05, 0.1) is 18.7 Å². The predicted octanol–water partition coefficient (Wildman–Crippen LogP) is 4.13. The largest absolute Gasteiger partial charge is 0.463 e. The first-order valence-corrected chi connectivity index (χ1v) is 10.2. The number of nitrogens with zero attached hydrogens (tertiary/aromatic N) is 4. The molecule has 2 aromatic heterocycles. The smallest absolute Gasteiger partial charge is 0.391 e. The van der Waals surface area contributed by atoms with Crippen molar-refractivity contribution in [1.82, 2.24) is 19.2 Å². The average molecular weight is 410 g/mol. The zero-order chi connectivity index (χ0) is 20.6. The molecule has 2 heterocycles. The van der Waals surface area contributed by atoms with Crippen LogP contribution in [0.2, 0.25) is 0 Å². The molecule has 0 saturated heterocycles. The van der Waals surface area contributed by atoms with Crippen LogP contribution in [0.15, 0.2) is 17.1 Å². The van der Waals surface area contributed by atoms with Crippen molar-refractivity contribution in [2.24, 2.45) is 18.9 Å². The van der Waals surface area contributed by atoms with Crippen molar-refractivity contribution in [2.45, 2.75) is 57.5 Å². The van der Waals surface area contributed by atoms with Crippen LogP contribution in [-0.4, -0.2) is 31.9 Å². The maximum absolute atomic E-state index is 12.8. The molecule has 0 spiro atoms. The number of aromatic nitrogens is 4. The minimum absolute atomic E-state index is 0.0320. The Kier molecular flexibility index (Phi) is 5.40. The topological polar surface area (TPSA) is 61.4 Å². The molecule has 6 nitrogen and oxygen atoms in total. The van der Waals surface area contributed by atoms with Gasteiger partial charge in [0.15, 0.2) is 11.3 Å². The van der Waals surface area contributed by atoms with Crippen LogP contribution in [-0.2, 0) is 7.05 Å². The SMILES string of the molecule is Cn1c(OCC2CCC(C(F)(F)F)CC2)nn2c(C3=CCCCC3)ncc2c1=O. The molecule has 0 aliphatic heterocycles. The van der Waals surface area contributed by atoms with Crippen molar-refractivity contribution in [3.63, 3.8) is 0 Å². The molecule has 0 atom stereocenters. The van der Waals surface area contributed by atoms with E-state index in [1.165, 1.54) is 15.3 Å². The first-order chi connectivity index (χ1) is 13.8. The number of ether oxygens (including phenoxy) is 1. The van der Waals surface area contributed by atoms with Gasteiger partial charge in [-0.05, 0) is 62.9 Å². The van der Waals surface area contributed by atoms with Crippen LogP contribution in [0.5, 0.6) is 6.01 Å². The maximum Gasteiger partial charge on any atom is 0.391 e. The minimum atomic E-state index is -4.12. The van der Waals surface area contributed by atoms with E-state index in [1.807, 2.05) is 0 Å². The molecular weight excluding hydrogens is 385 g/mol. The Morgan fingerprint density at radius 3 is 2.62 bits per heavy atom. The number of allylic oxidation sites excluding steroid dienone is 2. The molecule has 2 aliphatic carbocycles. The Balaban J connectivity index is 1.51. The summed E-state index contributed by atoms with van der Waals surface area (Å²) in [5.74, 6) is -0.521. The van der Waals surface area contributed by atoms with Gasteiger partial charge in [-0.1, -0.05) is 6.08 Å². The predicted molar refractivity (Wildman–Crippen MR) is 102 cm³/mol. The summed E-state index contributed by atoms with van der Waals surface area (Å²) in [6.07, 6.45) is 4.84. The van der Waals surface area contributed by atoms with Gasteiger partial charge in [-0.15, -0.1) is 5.10 Å². The van der Waals surface area contributed by atoms with Gasteiger partial charge in [-0.25, -0.2) is 9.50 Å². The number of fused-ring (bicyclic) bond motifs is 1. The fraction of sp³-hybridized carbons (Fsp3) is 0.650. The summed E-state index contributed by atoms with van der Waals surface area (Å²) >= 11 is 0. The van der Waals surface area contributed by atoms with Crippen LogP contribution in [0, 0.1) is 11.8 Å². The number of imidazole rings is 1. The Hall–Kier alpha value is -2.32. The quantitative estimate of drug-likeness (QED) is 0.760. The standard InChI is InChI=1S/C20H25F3N4O2/c1-26-18(28)16-11-24-17(14-5-3-2-4-6-14)27(16)25-19(26)29-12-13-7-9-15(10-8-13)20(21,22)23/h5,11,13,15H,2-4,6-10,12H2,1H3. The lowest BCUT2D eigenvalue weighted by Gasteiger charge is -2.29. The normalized spacial score (nSPS) is 23.2. The zero-order valence-electron chi connectivity index (χ0n) is 16.4. The highest BCUT2D eigenvalue weighted by molar-refractivity contribution is 5.64. The van der Waals surface area contributed by atoms with Gasteiger partial charge in [0.1, 0.15) is 0 Å². The number of hydrogen-bond acceptors (Lipinski definition) is 4. The lowest BCUT2D eigenvalue weighted by molar-refractivity contribution is -0.184. The lowest BCUT2D eigenvalue weighted by atomic mass is 9.82. The molecule has 0 bridgehead atoms. The van der Waals surface area contributed by atoms with Gasteiger partial charge in [0, 0.05) is 7.05 Å². The Morgan fingerprint density at radius 2 is 1.97 bits per heavy atom. The summed E-state index contributed by atoms with van der Waals surface area (Å²) in [7, 11) is 1.58. The molecule has 0 N–H and O–H groups in total. The minimum Gasteiger partial charge on any atom is -0.463 e. The Labute approximate surface area is 166 Å². The van der Waals surface area contributed by atoms with Crippen molar-refractivity contribution in [3.8, 4) is 6.01 Å². The highest BCUT2D eigenvalue weighted by Gasteiger charge is 2.41. The lowest BCUT2D eigenvalue weighted by Crippen LogP contribution is -2.30. The molecular formula is C20H25F3N4O2. The monoisotopic (exact) mass is 410 g/mol. The first kappa shape index (κ1) is 20.0. The average Bonchev–Trinajstić information content (AvgIpc) is 3.14. The van der Waals surface area contributed by atoms with Crippen LogP contribution < -0.4 is 10.3 Å². The number of alkyl halides is 3. The molecule has 2 aliphatic rings. The molecule has 4 rings (SSSR count). The van der Waals surface area contributed by atoms with E-state index in [-0.39, 0.29) is 36.9 Å². The second kappa shape index (κ2) is 7.84. The van der Waals surface area contributed by atoms with E-state index in [9.17, 15) is 18.0 Å². The van der Waals surface area contributed by atoms with Gasteiger partial charge in [0.25, 0.3) is 5.56 Å². The van der Waals surface area contributed by atoms with Gasteiger partial charge in [-0.3, -0.25) is 9.36 Å². The van der Waals surface area contributed by atoms with Gasteiger partial charge in [-0.2, -0.15) is 13.2 Å².